The number of hydrogen-bond donors (Lipinski definition) is 1. The number of Topliss-reactive ketones (excluding diaryl/α,β-unsaturated/α-hetero) is 1. The molecule has 3 heterocycles. The van der Waals surface area contributed by atoms with E-state index >= 15 is 0 Å². The zero-order chi connectivity index (χ0) is 19.1. The minimum Gasteiger partial charge on any atom is -0.469 e. The number of fused-ring (bicyclic) bond motifs is 2. The van der Waals surface area contributed by atoms with Crippen LogP contribution < -0.4 is 5.32 Å². The van der Waals surface area contributed by atoms with Crippen molar-refractivity contribution in [3.8, 4) is 0 Å². The zero-order valence-electron chi connectivity index (χ0n) is 15.2. The molecule has 1 aliphatic carbocycles. The summed E-state index contributed by atoms with van der Waals surface area (Å²) in [6.45, 7) is 1.94. The van der Waals surface area contributed by atoms with Gasteiger partial charge in [0.05, 0.1) is 28.7 Å². The molecule has 0 spiro atoms. The molecule has 138 valence electrons. The number of hydrogen-bond acceptors (Lipinski definition) is 7. The van der Waals surface area contributed by atoms with Crippen LogP contribution in [0, 0.1) is 6.92 Å². The molecular weight excluding hydrogens is 354 g/mol. The molecule has 4 aromatic rings. The number of aromatic nitrogens is 4. The van der Waals surface area contributed by atoms with Gasteiger partial charge in [-0.1, -0.05) is 18.2 Å². The van der Waals surface area contributed by atoms with Gasteiger partial charge in [-0.3, -0.25) is 10.1 Å². The third-order valence-corrected chi connectivity index (χ3v) is 5.00. The fourth-order valence-electron chi connectivity index (χ4n) is 3.62. The van der Waals surface area contributed by atoms with E-state index < -0.39 is 0 Å². The van der Waals surface area contributed by atoms with Crippen LogP contribution in [-0.2, 0) is 6.42 Å². The van der Waals surface area contributed by atoms with Crippen molar-refractivity contribution < 1.29 is 9.21 Å². The fraction of sp³-hybridized carbons (Fsp3) is 0.190. The van der Waals surface area contributed by atoms with Crippen LogP contribution in [0.3, 0.4) is 0 Å². The summed E-state index contributed by atoms with van der Waals surface area (Å²) >= 11 is 0. The number of rotatable bonds is 3. The van der Waals surface area contributed by atoms with Gasteiger partial charge in [-0.15, -0.1) is 0 Å². The molecular formula is C21H17N5O2. The van der Waals surface area contributed by atoms with E-state index in [1.165, 1.54) is 0 Å². The maximum absolute atomic E-state index is 12.5. The Morgan fingerprint density at radius 3 is 2.79 bits per heavy atom. The topological polar surface area (TPSA) is 93.8 Å². The molecule has 1 aliphatic rings. The predicted octanol–water partition coefficient (Wildman–Crippen LogP) is 3.98. The molecule has 0 aliphatic heterocycles. The van der Waals surface area contributed by atoms with Crippen LogP contribution in [0.5, 0.6) is 0 Å². The van der Waals surface area contributed by atoms with Crippen LogP contribution in [0.15, 0.2) is 53.3 Å². The van der Waals surface area contributed by atoms with E-state index in [1.807, 2.05) is 43.3 Å². The lowest BCUT2D eigenvalue weighted by Gasteiger charge is -2.21. The molecule has 5 rings (SSSR count). The first-order valence-electron chi connectivity index (χ1n) is 9.10. The van der Waals surface area contributed by atoms with Crippen molar-refractivity contribution in [3.63, 3.8) is 0 Å². The molecule has 0 saturated heterocycles. The van der Waals surface area contributed by atoms with E-state index in [9.17, 15) is 4.79 Å². The summed E-state index contributed by atoms with van der Waals surface area (Å²) in [6, 6.07) is 11.6. The number of aryl methyl sites for hydroxylation is 1. The Kier molecular flexibility index (Phi) is 3.86. The summed E-state index contributed by atoms with van der Waals surface area (Å²) in [4.78, 5) is 30.4. The molecule has 7 heteroatoms. The van der Waals surface area contributed by atoms with Gasteiger partial charge in [-0.05, 0) is 25.1 Å². The van der Waals surface area contributed by atoms with Crippen LogP contribution in [0.4, 0.5) is 11.9 Å². The lowest BCUT2D eigenvalue weighted by molar-refractivity contribution is 0.0958. The van der Waals surface area contributed by atoms with Crippen LogP contribution in [0.2, 0.25) is 0 Å². The summed E-state index contributed by atoms with van der Waals surface area (Å²) in [5.74, 6) is 1.65. The molecule has 7 nitrogen and oxygen atoms in total. The van der Waals surface area contributed by atoms with Gasteiger partial charge in [0.2, 0.25) is 11.9 Å². The van der Waals surface area contributed by atoms with Gasteiger partial charge in [0, 0.05) is 30.3 Å². The number of nitrogens with zero attached hydrogens (tertiary/aromatic N) is 4. The van der Waals surface area contributed by atoms with Crippen LogP contribution in [0.25, 0.3) is 10.9 Å². The Morgan fingerprint density at radius 2 is 1.93 bits per heavy atom. The highest BCUT2D eigenvalue weighted by molar-refractivity contribution is 5.98. The third-order valence-electron chi connectivity index (χ3n) is 5.00. The van der Waals surface area contributed by atoms with Gasteiger partial charge in [0.25, 0.3) is 0 Å². The Hall–Kier alpha value is -3.61. The maximum Gasteiger partial charge on any atom is 0.230 e. The van der Waals surface area contributed by atoms with Gasteiger partial charge < -0.3 is 4.42 Å². The lowest BCUT2D eigenvalue weighted by atomic mass is 9.85. The predicted molar refractivity (Wildman–Crippen MR) is 104 cm³/mol. The van der Waals surface area contributed by atoms with Crippen molar-refractivity contribution in [3.05, 3.63) is 71.6 Å². The van der Waals surface area contributed by atoms with Crippen LogP contribution in [0.1, 0.15) is 39.8 Å². The Morgan fingerprint density at radius 1 is 1.04 bits per heavy atom. The summed E-state index contributed by atoms with van der Waals surface area (Å²) in [7, 11) is 0. The number of ketones is 1. The first-order chi connectivity index (χ1) is 13.7. The van der Waals surface area contributed by atoms with Crippen molar-refractivity contribution in [1.82, 2.24) is 19.9 Å². The van der Waals surface area contributed by atoms with Gasteiger partial charge in [0.1, 0.15) is 5.76 Å². The normalized spacial score (nSPS) is 16.2. The minimum atomic E-state index is -0.00286. The summed E-state index contributed by atoms with van der Waals surface area (Å²) in [6.07, 6.45) is 4.24. The molecule has 0 amide bonds. The molecule has 1 atom stereocenters. The van der Waals surface area contributed by atoms with E-state index in [0.717, 1.165) is 22.4 Å². The average molecular weight is 371 g/mol. The van der Waals surface area contributed by atoms with Gasteiger partial charge >= 0.3 is 0 Å². The van der Waals surface area contributed by atoms with E-state index in [4.69, 9.17) is 4.42 Å². The second-order valence-corrected chi connectivity index (χ2v) is 6.87. The largest absolute Gasteiger partial charge is 0.469 e. The Balaban J connectivity index is 1.46. The van der Waals surface area contributed by atoms with Gasteiger partial charge in [-0.25, -0.2) is 19.9 Å². The highest BCUT2D eigenvalue weighted by atomic mass is 16.3. The summed E-state index contributed by atoms with van der Waals surface area (Å²) in [5.41, 5.74) is 3.01. The molecule has 0 radical (unpaired) electrons. The third kappa shape index (κ3) is 2.90. The van der Waals surface area contributed by atoms with Crippen molar-refractivity contribution in [2.75, 3.05) is 5.32 Å². The average Bonchev–Trinajstić information content (AvgIpc) is 3.23. The summed E-state index contributed by atoms with van der Waals surface area (Å²) in [5, 5.41) is 4.08. The minimum absolute atomic E-state index is 0.00286. The molecule has 0 bridgehead atoms. The first-order valence-corrected chi connectivity index (χ1v) is 9.10. The van der Waals surface area contributed by atoms with Crippen molar-refractivity contribution in [1.29, 1.82) is 0 Å². The van der Waals surface area contributed by atoms with Gasteiger partial charge in [0.15, 0.2) is 5.78 Å². The van der Waals surface area contributed by atoms with Crippen molar-refractivity contribution >= 4 is 28.6 Å². The number of carbonyl (C=O) groups excluding carboxylic acids is 1. The van der Waals surface area contributed by atoms with E-state index in [0.29, 0.717) is 36.0 Å². The number of anilines is 2. The molecule has 0 unspecified atom stereocenters. The molecule has 0 saturated carbocycles. The van der Waals surface area contributed by atoms with Crippen LogP contribution in [-0.4, -0.2) is 25.7 Å². The van der Waals surface area contributed by atoms with Crippen molar-refractivity contribution in [2.45, 2.75) is 25.7 Å². The van der Waals surface area contributed by atoms with E-state index in [-0.39, 0.29) is 11.7 Å². The first kappa shape index (κ1) is 16.6. The lowest BCUT2D eigenvalue weighted by Crippen LogP contribution is -2.21. The highest BCUT2D eigenvalue weighted by Crippen LogP contribution is 2.32. The maximum atomic E-state index is 12.5. The zero-order valence-corrected chi connectivity index (χ0v) is 15.2. The summed E-state index contributed by atoms with van der Waals surface area (Å²) < 4.78 is 5.49. The van der Waals surface area contributed by atoms with E-state index in [2.05, 4.69) is 25.3 Å². The SMILES string of the molecule is Cc1nc(Nc2ncc3c(n2)C[C@H](c2ccco2)CC3=O)nc2ccccc12. The molecule has 1 N–H and O–H groups in total. The highest BCUT2D eigenvalue weighted by Gasteiger charge is 2.29. The number of nitrogens with one attached hydrogen (secondary N) is 1. The Labute approximate surface area is 160 Å². The Bertz CT molecular complexity index is 1190. The second-order valence-electron chi connectivity index (χ2n) is 6.87. The number of furan rings is 1. The molecule has 1 aromatic carbocycles. The molecule has 0 fully saturated rings. The van der Waals surface area contributed by atoms with E-state index in [1.54, 1.807) is 12.5 Å². The molecule has 3 aromatic heterocycles. The molecule has 28 heavy (non-hydrogen) atoms. The fourth-order valence-corrected chi connectivity index (χ4v) is 3.62. The van der Waals surface area contributed by atoms with Crippen LogP contribution >= 0.6 is 0 Å². The quantitative estimate of drug-likeness (QED) is 0.582. The number of benzene rings is 1. The monoisotopic (exact) mass is 371 g/mol. The second kappa shape index (κ2) is 6.53. The smallest absolute Gasteiger partial charge is 0.230 e. The number of para-hydroxylation sites is 1. The standard InChI is InChI=1S/C21H17N5O2/c1-12-14-5-2-3-6-16(14)24-21(23-12)26-20-22-11-15-17(25-20)9-13(10-18(15)27)19-7-4-8-28-19/h2-8,11,13H,9-10H2,1H3,(H,22,23,24,25,26)/t13-/m0/s1. The number of carbonyl (C=O) groups is 1. The van der Waals surface area contributed by atoms with Gasteiger partial charge in [-0.2, -0.15) is 0 Å². The van der Waals surface area contributed by atoms with Crippen molar-refractivity contribution in [2.24, 2.45) is 0 Å².